The predicted octanol–water partition coefficient (Wildman–Crippen LogP) is 1.37. The summed E-state index contributed by atoms with van der Waals surface area (Å²) in [5.41, 5.74) is 0.600. The molecule has 0 radical (unpaired) electrons. The zero-order valence-electron chi connectivity index (χ0n) is 16.0. The molecule has 0 N–H and O–H groups in total. The van der Waals surface area contributed by atoms with Gasteiger partial charge in [0.1, 0.15) is 5.82 Å². The number of amides is 1. The van der Waals surface area contributed by atoms with E-state index in [2.05, 4.69) is 4.90 Å². The molecule has 0 aliphatic carbocycles. The monoisotopic (exact) mass is 397 g/mol. The molecule has 0 aromatic heterocycles. The maximum atomic E-state index is 14.0. The average molecular weight is 398 g/mol. The number of benzene rings is 1. The summed E-state index contributed by atoms with van der Waals surface area (Å²) in [6, 6.07) is 6.22. The van der Waals surface area contributed by atoms with E-state index < -0.39 is 9.84 Å². The predicted molar refractivity (Wildman–Crippen MR) is 104 cm³/mol. The summed E-state index contributed by atoms with van der Waals surface area (Å²) >= 11 is 0. The van der Waals surface area contributed by atoms with Gasteiger partial charge >= 0.3 is 0 Å². The summed E-state index contributed by atoms with van der Waals surface area (Å²) in [5, 5.41) is 0. The zero-order valence-corrected chi connectivity index (χ0v) is 16.8. The van der Waals surface area contributed by atoms with Gasteiger partial charge in [-0.05, 0) is 32.4 Å². The molecular formula is C19H28FN3O3S. The highest BCUT2D eigenvalue weighted by molar-refractivity contribution is 7.91. The normalized spacial score (nSPS) is 24.0. The summed E-state index contributed by atoms with van der Waals surface area (Å²) in [4.78, 5) is 18.8. The molecule has 0 spiro atoms. The molecule has 2 aliphatic heterocycles. The highest BCUT2D eigenvalue weighted by Gasteiger charge is 2.37. The Morgan fingerprint density at radius 2 is 1.93 bits per heavy atom. The third-order valence-electron chi connectivity index (χ3n) is 5.69. The topological polar surface area (TPSA) is 60.9 Å². The Balaban J connectivity index is 1.60. The third kappa shape index (κ3) is 4.43. The van der Waals surface area contributed by atoms with Crippen LogP contribution in [-0.4, -0.2) is 80.4 Å². The first-order valence-electron chi connectivity index (χ1n) is 9.57. The number of piperazine rings is 1. The van der Waals surface area contributed by atoms with E-state index in [9.17, 15) is 17.6 Å². The van der Waals surface area contributed by atoms with E-state index in [1.807, 2.05) is 24.8 Å². The van der Waals surface area contributed by atoms with Gasteiger partial charge in [0, 0.05) is 38.8 Å². The molecular weight excluding hydrogens is 369 g/mol. The lowest BCUT2D eigenvalue weighted by Crippen LogP contribution is -2.56. The van der Waals surface area contributed by atoms with Crippen LogP contribution in [0.4, 0.5) is 10.1 Å². The maximum Gasteiger partial charge on any atom is 0.239 e. The van der Waals surface area contributed by atoms with Crippen LogP contribution in [0, 0.1) is 5.82 Å². The maximum absolute atomic E-state index is 14.0. The molecule has 2 heterocycles. The molecule has 1 amide bonds. The Labute approximate surface area is 160 Å². The lowest BCUT2D eigenvalue weighted by atomic mass is 10.1. The van der Waals surface area contributed by atoms with E-state index in [1.165, 1.54) is 6.07 Å². The minimum Gasteiger partial charge on any atom is -0.367 e. The molecule has 2 fully saturated rings. The van der Waals surface area contributed by atoms with Crippen molar-refractivity contribution in [3.8, 4) is 0 Å². The molecule has 2 atom stereocenters. The highest BCUT2D eigenvalue weighted by Crippen LogP contribution is 2.22. The Bertz CT molecular complexity index is 778. The molecule has 0 unspecified atom stereocenters. The van der Waals surface area contributed by atoms with Crippen LogP contribution in [0.2, 0.25) is 0 Å². The van der Waals surface area contributed by atoms with E-state index in [0.717, 1.165) is 0 Å². The van der Waals surface area contributed by atoms with E-state index in [-0.39, 0.29) is 35.3 Å². The summed E-state index contributed by atoms with van der Waals surface area (Å²) in [6.07, 6.45) is 0.524. The van der Waals surface area contributed by atoms with Gasteiger partial charge in [-0.2, -0.15) is 0 Å². The van der Waals surface area contributed by atoms with E-state index in [4.69, 9.17) is 0 Å². The fourth-order valence-corrected chi connectivity index (χ4v) is 5.80. The van der Waals surface area contributed by atoms with E-state index in [0.29, 0.717) is 44.8 Å². The SMILES string of the molecule is CCN(C(=O)[C@@H](C)N1CCN(c2ccccc2F)CC1)[C@H]1CCS(=O)(=O)C1. The van der Waals surface area contributed by atoms with Crippen molar-refractivity contribution in [1.29, 1.82) is 0 Å². The van der Waals surface area contributed by atoms with Crippen LogP contribution < -0.4 is 4.90 Å². The number of nitrogens with zero attached hydrogens (tertiary/aromatic N) is 3. The largest absolute Gasteiger partial charge is 0.367 e. The Hall–Kier alpha value is -1.67. The quantitative estimate of drug-likeness (QED) is 0.751. The van der Waals surface area contributed by atoms with Gasteiger partial charge in [-0.25, -0.2) is 12.8 Å². The van der Waals surface area contributed by atoms with Crippen LogP contribution in [0.5, 0.6) is 0 Å². The van der Waals surface area contributed by atoms with E-state index >= 15 is 0 Å². The van der Waals surface area contributed by atoms with Crippen LogP contribution in [0.3, 0.4) is 0 Å². The minimum atomic E-state index is -3.03. The number of hydrogen-bond donors (Lipinski definition) is 0. The number of hydrogen-bond acceptors (Lipinski definition) is 5. The number of rotatable bonds is 5. The molecule has 27 heavy (non-hydrogen) atoms. The van der Waals surface area contributed by atoms with Crippen LogP contribution in [-0.2, 0) is 14.6 Å². The lowest BCUT2D eigenvalue weighted by Gasteiger charge is -2.40. The van der Waals surface area contributed by atoms with Crippen molar-refractivity contribution in [2.45, 2.75) is 32.4 Å². The van der Waals surface area contributed by atoms with Crippen molar-refractivity contribution in [1.82, 2.24) is 9.80 Å². The van der Waals surface area contributed by atoms with Gasteiger partial charge in [0.15, 0.2) is 9.84 Å². The smallest absolute Gasteiger partial charge is 0.239 e. The second kappa shape index (κ2) is 8.14. The summed E-state index contributed by atoms with van der Waals surface area (Å²) in [5.74, 6) is -0.00839. The molecule has 3 rings (SSSR count). The van der Waals surface area contributed by atoms with Gasteiger partial charge in [-0.15, -0.1) is 0 Å². The van der Waals surface area contributed by atoms with Crippen molar-refractivity contribution < 1.29 is 17.6 Å². The van der Waals surface area contributed by atoms with Crippen LogP contribution in [0.1, 0.15) is 20.3 Å². The fourth-order valence-electron chi connectivity index (χ4n) is 4.07. The van der Waals surface area contributed by atoms with Crippen molar-refractivity contribution in [3.63, 3.8) is 0 Å². The second-order valence-electron chi connectivity index (χ2n) is 7.33. The minimum absolute atomic E-state index is 0.0149. The molecule has 0 bridgehead atoms. The van der Waals surface area contributed by atoms with Crippen LogP contribution >= 0.6 is 0 Å². The van der Waals surface area contributed by atoms with Gasteiger partial charge in [0.2, 0.25) is 5.91 Å². The number of carbonyl (C=O) groups is 1. The average Bonchev–Trinajstić information content (AvgIpc) is 3.01. The first-order valence-corrected chi connectivity index (χ1v) is 11.4. The van der Waals surface area contributed by atoms with Gasteiger partial charge in [-0.3, -0.25) is 9.69 Å². The molecule has 1 aromatic carbocycles. The lowest BCUT2D eigenvalue weighted by molar-refractivity contribution is -0.138. The molecule has 2 saturated heterocycles. The molecule has 8 heteroatoms. The Kier molecular flexibility index (Phi) is 6.05. The van der Waals surface area contributed by atoms with E-state index in [1.54, 1.807) is 17.0 Å². The van der Waals surface area contributed by atoms with Gasteiger partial charge in [-0.1, -0.05) is 12.1 Å². The number of anilines is 1. The van der Waals surface area contributed by atoms with Crippen molar-refractivity contribution in [2.75, 3.05) is 49.1 Å². The number of para-hydroxylation sites is 1. The van der Waals surface area contributed by atoms with Crippen molar-refractivity contribution >= 4 is 21.4 Å². The summed E-state index contributed by atoms with van der Waals surface area (Å²) in [7, 11) is -3.03. The first kappa shape index (κ1) is 20.1. The van der Waals surface area contributed by atoms with Crippen molar-refractivity contribution in [2.24, 2.45) is 0 Å². The summed E-state index contributed by atoms with van der Waals surface area (Å²) < 4.78 is 37.5. The van der Waals surface area contributed by atoms with Gasteiger partial charge < -0.3 is 9.80 Å². The number of likely N-dealkylation sites (N-methyl/N-ethyl adjacent to an activating group) is 1. The zero-order chi connectivity index (χ0) is 19.6. The number of halogens is 1. The first-order chi connectivity index (χ1) is 12.8. The molecule has 1 aromatic rings. The molecule has 0 saturated carbocycles. The van der Waals surface area contributed by atoms with Crippen LogP contribution in [0.15, 0.2) is 24.3 Å². The third-order valence-corrected chi connectivity index (χ3v) is 7.44. The Morgan fingerprint density at radius 1 is 1.26 bits per heavy atom. The van der Waals surface area contributed by atoms with Gasteiger partial charge in [0.05, 0.1) is 23.2 Å². The number of sulfone groups is 1. The van der Waals surface area contributed by atoms with Crippen molar-refractivity contribution in [3.05, 3.63) is 30.1 Å². The second-order valence-corrected chi connectivity index (χ2v) is 9.56. The molecule has 6 nitrogen and oxygen atoms in total. The number of carbonyl (C=O) groups excluding carboxylic acids is 1. The highest BCUT2D eigenvalue weighted by atomic mass is 32.2. The standard InChI is InChI=1S/C19H28FN3O3S/c1-3-23(16-8-13-27(25,26)14-16)19(24)15(2)21-9-11-22(12-10-21)18-7-5-4-6-17(18)20/h4-7,15-16H,3,8-14H2,1-2H3/t15-,16+/m1/s1. The fraction of sp³-hybridized carbons (Fsp3) is 0.632. The van der Waals surface area contributed by atoms with Gasteiger partial charge in [0.25, 0.3) is 0 Å². The molecule has 150 valence electrons. The Morgan fingerprint density at radius 3 is 2.48 bits per heavy atom. The van der Waals surface area contributed by atoms with Crippen LogP contribution in [0.25, 0.3) is 0 Å². The summed E-state index contributed by atoms with van der Waals surface area (Å²) in [6.45, 7) is 6.94. The molecule has 2 aliphatic rings.